The van der Waals surface area contributed by atoms with Crippen LogP contribution in [0.15, 0.2) is 48.2 Å². The Kier molecular flexibility index (Phi) is 8.39. The van der Waals surface area contributed by atoms with Crippen molar-refractivity contribution in [2.45, 2.75) is 76.7 Å². The predicted octanol–water partition coefficient (Wildman–Crippen LogP) is 6.32. The molecule has 4 aliphatic heterocycles. The van der Waals surface area contributed by atoms with Crippen LogP contribution in [0.4, 0.5) is 16.3 Å². The van der Waals surface area contributed by atoms with Crippen LogP contribution >= 0.6 is 11.6 Å². The molecule has 246 valence electrons. The lowest BCUT2D eigenvalue weighted by molar-refractivity contribution is 0.0134. The van der Waals surface area contributed by atoms with Crippen molar-refractivity contribution in [3.8, 4) is 6.01 Å². The highest BCUT2D eigenvalue weighted by molar-refractivity contribution is 6.36. The molecule has 0 spiro atoms. The minimum absolute atomic E-state index is 0.128. The maximum Gasteiger partial charge on any atom is 0.411 e. The summed E-state index contributed by atoms with van der Waals surface area (Å²) in [6.07, 6.45) is 4.90. The number of likely N-dealkylation sites (N-methyl/N-ethyl adjacent to an activating group) is 1. The lowest BCUT2D eigenvalue weighted by Gasteiger charge is -2.43. The standard InChI is InChI=1S/C36H42ClN7O3/c1-36(2,3)47-35(45)44-26-17-24(18-38-4)31(44)21-43(19-26)33-27-14-16-42(30-13-7-10-23-9-6-12-28(37)32(23)30)20-29(27)39-34(40-33)46-22-25-11-8-15-41(25)5/h6-7,9-10,12-13,18,25-26,31H,8,11,14-17,19-22H2,1-3,5H3/t25-,26+,31?/m0/s1. The molecule has 2 aromatic carbocycles. The highest BCUT2D eigenvalue weighted by Crippen LogP contribution is 2.41. The Bertz CT molecular complexity index is 1760. The van der Waals surface area contributed by atoms with E-state index in [1.165, 1.54) is 0 Å². The molecule has 0 radical (unpaired) electrons. The van der Waals surface area contributed by atoms with Crippen LogP contribution in [0.1, 0.15) is 51.3 Å². The van der Waals surface area contributed by atoms with E-state index in [1.807, 2.05) is 37.8 Å². The average Bonchev–Trinajstić information content (AvgIpc) is 3.55. The summed E-state index contributed by atoms with van der Waals surface area (Å²) in [4.78, 5) is 35.9. The van der Waals surface area contributed by atoms with Crippen LogP contribution in [-0.4, -0.2) is 89.4 Å². The van der Waals surface area contributed by atoms with Crippen molar-refractivity contribution in [3.63, 3.8) is 0 Å². The van der Waals surface area contributed by atoms with Gasteiger partial charge in [-0.1, -0.05) is 35.9 Å². The third-order valence-electron chi connectivity index (χ3n) is 9.86. The number of rotatable bonds is 5. The van der Waals surface area contributed by atoms with Gasteiger partial charge in [-0.05, 0) is 83.1 Å². The average molecular weight is 656 g/mol. The molecule has 3 saturated heterocycles. The Hall–Kier alpha value is -4.07. The van der Waals surface area contributed by atoms with E-state index in [1.54, 1.807) is 6.20 Å². The zero-order chi connectivity index (χ0) is 32.9. The van der Waals surface area contributed by atoms with Crippen LogP contribution in [-0.2, 0) is 17.7 Å². The van der Waals surface area contributed by atoms with Gasteiger partial charge in [0.1, 0.15) is 18.0 Å². The zero-order valence-electron chi connectivity index (χ0n) is 27.6. The monoisotopic (exact) mass is 655 g/mol. The van der Waals surface area contributed by atoms with Gasteiger partial charge in [-0.15, -0.1) is 0 Å². The number of benzene rings is 2. The minimum atomic E-state index is -0.608. The van der Waals surface area contributed by atoms with E-state index in [4.69, 9.17) is 37.6 Å². The Morgan fingerprint density at radius 1 is 1.13 bits per heavy atom. The van der Waals surface area contributed by atoms with Gasteiger partial charge < -0.3 is 24.2 Å². The van der Waals surface area contributed by atoms with Crippen LogP contribution in [0, 0.1) is 6.57 Å². The van der Waals surface area contributed by atoms with E-state index in [0.29, 0.717) is 44.7 Å². The quantitative estimate of drug-likeness (QED) is 0.296. The van der Waals surface area contributed by atoms with Gasteiger partial charge in [0, 0.05) is 42.3 Å². The third kappa shape index (κ3) is 6.19. The van der Waals surface area contributed by atoms with E-state index < -0.39 is 5.60 Å². The number of halogens is 1. The number of fused-ring (bicyclic) bond motifs is 4. The number of ether oxygens (including phenoxy) is 2. The lowest BCUT2D eigenvalue weighted by atomic mass is 10.0. The molecule has 7 rings (SSSR count). The van der Waals surface area contributed by atoms with E-state index >= 15 is 0 Å². The number of anilines is 2. The van der Waals surface area contributed by atoms with Gasteiger partial charge >= 0.3 is 12.1 Å². The summed E-state index contributed by atoms with van der Waals surface area (Å²) in [5.41, 5.74) is 3.49. The molecule has 1 unspecified atom stereocenters. The molecule has 1 aromatic heterocycles. The summed E-state index contributed by atoms with van der Waals surface area (Å²) in [5, 5.41) is 2.89. The largest absolute Gasteiger partial charge is 0.462 e. The number of likely N-dealkylation sites (tertiary alicyclic amines) is 1. The summed E-state index contributed by atoms with van der Waals surface area (Å²) in [5.74, 6) is 0.864. The topological polar surface area (TPSA) is 78.6 Å². The summed E-state index contributed by atoms with van der Waals surface area (Å²) in [6.45, 7) is 17.3. The number of hydrogen-bond acceptors (Lipinski definition) is 8. The van der Waals surface area contributed by atoms with Gasteiger partial charge in [0.15, 0.2) is 6.20 Å². The fourth-order valence-electron chi connectivity index (χ4n) is 7.64. The van der Waals surface area contributed by atoms with Crippen molar-refractivity contribution in [2.75, 3.05) is 49.6 Å². The van der Waals surface area contributed by atoms with Gasteiger partial charge in [0.2, 0.25) is 0 Å². The summed E-state index contributed by atoms with van der Waals surface area (Å²) >= 11 is 6.74. The van der Waals surface area contributed by atoms with Crippen LogP contribution in [0.25, 0.3) is 15.6 Å². The molecule has 3 aromatic rings. The predicted molar refractivity (Wildman–Crippen MR) is 184 cm³/mol. The molecule has 3 fully saturated rings. The highest BCUT2D eigenvalue weighted by Gasteiger charge is 2.47. The molecule has 0 aliphatic carbocycles. The number of nitrogens with zero attached hydrogens (tertiary/aromatic N) is 7. The summed E-state index contributed by atoms with van der Waals surface area (Å²) in [7, 11) is 2.14. The number of aromatic nitrogens is 2. The van der Waals surface area contributed by atoms with Gasteiger partial charge in [-0.25, -0.2) is 9.64 Å². The van der Waals surface area contributed by atoms with Crippen molar-refractivity contribution in [1.82, 2.24) is 19.8 Å². The Labute approximate surface area is 281 Å². The van der Waals surface area contributed by atoms with Crippen molar-refractivity contribution in [2.24, 2.45) is 0 Å². The van der Waals surface area contributed by atoms with Crippen molar-refractivity contribution in [3.05, 3.63) is 75.9 Å². The fraction of sp³-hybridized carbons (Fsp3) is 0.500. The van der Waals surface area contributed by atoms with Crippen molar-refractivity contribution in [1.29, 1.82) is 0 Å². The van der Waals surface area contributed by atoms with Gasteiger partial charge in [-0.3, -0.25) is 4.90 Å². The number of amides is 1. The smallest absolute Gasteiger partial charge is 0.411 e. The van der Waals surface area contributed by atoms with Crippen LogP contribution < -0.4 is 14.5 Å². The third-order valence-corrected chi connectivity index (χ3v) is 10.2. The second-order valence-electron chi connectivity index (χ2n) is 14.1. The summed E-state index contributed by atoms with van der Waals surface area (Å²) < 4.78 is 12.2. The molecule has 11 heteroatoms. The maximum atomic E-state index is 13.4. The second kappa shape index (κ2) is 12.5. The molecule has 5 heterocycles. The Morgan fingerprint density at radius 3 is 2.68 bits per heavy atom. The Morgan fingerprint density at radius 2 is 1.94 bits per heavy atom. The first-order chi connectivity index (χ1) is 22.6. The summed E-state index contributed by atoms with van der Waals surface area (Å²) in [6, 6.07) is 12.7. The number of carbonyl (C=O) groups is 1. The number of piperazine rings is 1. The van der Waals surface area contributed by atoms with E-state index in [2.05, 4.69) is 50.9 Å². The Balaban J connectivity index is 1.23. The SMILES string of the molecule is [C-]#[N+]C=C1C[C@@H]2CN(c3nc(OC[C@@H]4CCCN4C)nc4c3CCN(c3cccc5cccc(Cl)c35)C4)CC1N2C(=O)OC(C)(C)C. The highest BCUT2D eigenvalue weighted by atomic mass is 35.5. The van der Waals surface area contributed by atoms with Gasteiger partial charge in [0.05, 0.1) is 35.9 Å². The molecular weight excluding hydrogens is 614 g/mol. The van der Waals surface area contributed by atoms with Gasteiger partial charge in [0.25, 0.3) is 0 Å². The normalized spacial score (nSPS) is 23.7. The molecule has 10 nitrogen and oxygen atoms in total. The van der Waals surface area contributed by atoms with Crippen LogP contribution in [0.3, 0.4) is 0 Å². The molecule has 4 aliphatic rings. The van der Waals surface area contributed by atoms with E-state index in [0.717, 1.165) is 76.5 Å². The van der Waals surface area contributed by atoms with Crippen molar-refractivity contribution >= 4 is 40.0 Å². The maximum absolute atomic E-state index is 13.4. The molecule has 2 bridgehead atoms. The number of carbonyl (C=O) groups excluding carboxylic acids is 1. The zero-order valence-corrected chi connectivity index (χ0v) is 28.3. The van der Waals surface area contributed by atoms with Gasteiger partial charge in [-0.2, -0.15) is 9.97 Å². The van der Waals surface area contributed by atoms with Crippen LogP contribution in [0.5, 0.6) is 6.01 Å². The first-order valence-corrected chi connectivity index (χ1v) is 16.9. The molecule has 1 amide bonds. The fourth-order valence-corrected chi connectivity index (χ4v) is 7.92. The molecule has 0 N–H and O–H groups in total. The molecular formula is C36H42ClN7O3. The van der Waals surface area contributed by atoms with Crippen molar-refractivity contribution < 1.29 is 14.3 Å². The second-order valence-corrected chi connectivity index (χ2v) is 14.5. The number of hydrogen-bond donors (Lipinski definition) is 0. The first kappa shape index (κ1) is 31.5. The minimum Gasteiger partial charge on any atom is -0.462 e. The van der Waals surface area contributed by atoms with Crippen LogP contribution in [0.2, 0.25) is 5.02 Å². The lowest BCUT2D eigenvalue weighted by Crippen LogP contribution is -2.57. The molecule has 47 heavy (non-hydrogen) atoms. The first-order valence-electron chi connectivity index (χ1n) is 16.6. The van der Waals surface area contributed by atoms with E-state index in [-0.39, 0.29) is 18.2 Å². The van der Waals surface area contributed by atoms with E-state index in [9.17, 15) is 4.79 Å². The molecule has 0 saturated carbocycles. The molecule has 3 atom stereocenters.